The van der Waals surface area contributed by atoms with Crippen molar-refractivity contribution < 1.29 is 4.74 Å². The van der Waals surface area contributed by atoms with E-state index in [0.29, 0.717) is 4.08 Å². The summed E-state index contributed by atoms with van der Waals surface area (Å²) in [6.45, 7) is 5.59. The third-order valence-electron chi connectivity index (χ3n) is 4.25. The Hall–Kier alpha value is 0.660. The van der Waals surface area contributed by atoms with E-state index >= 15 is 0 Å². The Labute approximate surface area is 101 Å². The summed E-state index contributed by atoms with van der Waals surface area (Å²) in [7, 11) is 0. The van der Waals surface area contributed by atoms with Gasteiger partial charge in [-0.15, -0.1) is 23.5 Å². The van der Waals surface area contributed by atoms with Gasteiger partial charge in [0.15, 0.2) is 0 Å². The van der Waals surface area contributed by atoms with Crippen LogP contribution < -0.4 is 0 Å². The van der Waals surface area contributed by atoms with E-state index in [4.69, 9.17) is 4.74 Å². The van der Waals surface area contributed by atoms with Crippen molar-refractivity contribution in [1.82, 2.24) is 0 Å². The van der Waals surface area contributed by atoms with Crippen LogP contribution in [-0.4, -0.2) is 27.8 Å². The van der Waals surface area contributed by atoms with E-state index < -0.39 is 0 Å². The average Bonchev–Trinajstić information content (AvgIpc) is 2.67. The van der Waals surface area contributed by atoms with E-state index in [1.807, 2.05) is 0 Å². The molecule has 2 atom stereocenters. The predicted octanol–water partition coefficient (Wildman–Crippen LogP) is 3.39. The molecule has 15 heavy (non-hydrogen) atoms. The number of ether oxygens (including phenoxy) is 1. The fourth-order valence-electron chi connectivity index (χ4n) is 3.40. The van der Waals surface area contributed by atoms with E-state index in [1.54, 1.807) is 0 Å². The minimum Gasteiger partial charge on any atom is -0.375 e. The zero-order valence-corrected chi connectivity index (χ0v) is 11.3. The molecule has 1 spiro atoms. The van der Waals surface area contributed by atoms with Crippen LogP contribution in [0.15, 0.2) is 0 Å². The van der Waals surface area contributed by atoms with E-state index in [2.05, 4.69) is 37.4 Å². The molecule has 3 rings (SSSR count). The standard InChI is InChI=1S/C12H20OS2/c1-11(2)10-7-12(6-9(10)8-13-11)14-4-3-5-15-12/h9-10H,3-8H2,1-2H3/t9-,10-/m0/s1. The Morgan fingerprint density at radius 1 is 1.13 bits per heavy atom. The molecule has 1 nitrogen and oxygen atoms in total. The van der Waals surface area contributed by atoms with Crippen molar-refractivity contribution in [3.05, 3.63) is 0 Å². The first-order valence-corrected chi connectivity index (χ1v) is 8.00. The Balaban J connectivity index is 1.77. The van der Waals surface area contributed by atoms with Crippen molar-refractivity contribution in [2.45, 2.75) is 42.8 Å². The summed E-state index contributed by atoms with van der Waals surface area (Å²) in [5.74, 6) is 4.43. The zero-order chi connectivity index (χ0) is 10.5. The highest BCUT2D eigenvalue weighted by Gasteiger charge is 2.55. The predicted molar refractivity (Wildman–Crippen MR) is 68.5 cm³/mol. The smallest absolute Gasteiger partial charge is 0.0659 e. The molecule has 0 bridgehead atoms. The molecule has 3 heteroatoms. The van der Waals surface area contributed by atoms with Gasteiger partial charge in [0, 0.05) is 0 Å². The molecule has 3 fully saturated rings. The fraction of sp³-hybridized carbons (Fsp3) is 1.00. The van der Waals surface area contributed by atoms with E-state index in [1.165, 1.54) is 30.8 Å². The molecule has 0 aromatic heterocycles. The molecular formula is C12H20OS2. The van der Waals surface area contributed by atoms with Crippen LogP contribution in [0.2, 0.25) is 0 Å². The molecule has 0 aromatic rings. The summed E-state index contributed by atoms with van der Waals surface area (Å²) in [6, 6.07) is 0. The number of rotatable bonds is 0. The second-order valence-electron chi connectivity index (χ2n) is 5.65. The van der Waals surface area contributed by atoms with Crippen molar-refractivity contribution in [3.8, 4) is 0 Å². The van der Waals surface area contributed by atoms with Crippen LogP contribution in [-0.2, 0) is 4.74 Å². The molecule has 0 aromatic carbocycles. The highest BCUT2D eigenvalue weighted by atomic mass is 32.2. The monoisotopic (exact) mass is 244 g/mol. The highest BCUT2D eigenvalue weighted by Crippen LogP contribution is 2.61. The number of thioether (sulfide) groups is 2. The summed E-state index contributed by atoms with van der Waals surface area (Å²) in [5.41, 5.74) is 0.146. The lowest BCUT2D eigenvalue weighted by atomic mass is 9.86. The summed E-state index contributed by atoms with van der Waals surface area (Å²) >= 11 is 4.48. The minimum absolute atomic E-state index is 0.146. The van der Waals surface area contributed by atoms with Gasteiger partial charge in [-0.3, -0.25) is 0 Å². The first-order valence-electron chi connectivity index (χ1n) is 6.03. The van der Waals surface area contributed by atoms with Crippen LogP contribution >= 0.6 is 23.5 Å². The van der Waals surface area contributed by atoms with Gasteiger partial charge in [-0.25, -0.2) is 0 Å². The van der Waals surface area contributed by atoms with Crippen LogP contribution in [0, 0.1) is 11.8 Å². The summed E-state index contributed by atoms with van der Waals surface area (Å²) in [4.78, 5) is 0. The van der Waals surface area contributed by atoms with Crippen molar-refractivity contribution >= 4 is 23.5 Å². The Morgan fingerprint density at radius 2 is 1.87 bits per heavy atom. The molecule has 1 saturated carbocycles. The molecule has 0 N–H and O–H groups in total. The van der Waals surface area contributed by atoms with Gasteiger partial charge in [0.1, 0.15) is 0 Å². The fourth-order valence-corrected chi connectivity index (χ4v) is 6.99. The van der Waals surface area contributed by atoms with Gasteiger partial charge < -0.3 is 4.74 Å². The molecule has 2 saturated heterocycles. The first-order chi connectivity index (χ1) is 7.11. The van der Waals surface area contributed by atoms with Crippen molar-refractivity contribution in [2.75, 3.05) is 18.1 Å². The largest absolute Gasteiger partial charge is 0.375 e. The average molecular weight is 244 g/mol. The third-order valence-corrected chi connectivity index (χ3v) is 7.67. The highest BCUT2D eigenvalue weighted by molar-refractivity contribution is 8.18. The Bertz CT molecular complexity index is 258. The molecule has 2 aliphatic heterocycles. The molecule has 0 unspecified atom stereocenters. The second kappa shape index (κ2) is 3.58. The summed E-state index contributed by atoms with van der Waals surface area (Å²) in [6.07, 6.45) is 4.20. The van der Waals surface area contributed by atoms with Crippen LogP contribution in [0.1, 0.15) is 33.1 Å². The number of hydrogen-bond acceptors (Lipinski definition) is 3. The van der Waals surface area contributed by atoms with Crippen LogP contribution in [0.25, 0.3) is 0 Å². The Morgan fingerprint density at radius 3 is 2.53 bits per heavy atom. The van der Waals surface area contributed by atoms with Gasteiger partial charge in [-0.1, -0.05) is 0 Å². The molecule has 2 heterocycles. The second-order valence-corrected chi connectivity index (χ2v) is 8.87. The quantitative estimate of drug-likeness (QED) is 0.646. The SMILES string of the molecule is CC1(C)OC[C@@H]2CC3(C[C@@H]21)SCCCS3. The number of fused-ring (bicyclic) bond motifs is 1. The lowest BCUT2D eigenvalue weighted by Crippen LogP contribution is -2.30. The normalized spacial score (nSPS) is 42.0. The molecule has 0 amide bonds. The van der Waals surface area contributed by atoms with Crippen LogP contribution in [0.4, 0.5) is 0 Å². The van der Waals surface area contributed by atoms with Gasteiger partial charge in [0.25, 0.3) is 0 Å². The lowest BCUT2D eigenvalue weighted by Gasteiger charge is -2.34. The maximum absolute atomic E-state index is 5.92. The zero-order valence-electron chi connectivity index (χ0n) is 9.62. The lowest BCUT2D eigenvalue weighted by molar-refractivity contribution is 0.00840. The molecule has 3 aliphatic rings. The maximum atomic E-state index is 5.92. The minimum atomic E-state index is 0.146. The van der Waals surface area contributed by atoms with Crippen LogP contribution in [0.5, 0.6) is 0 Å². The van der Waals surface area contributed by atoms with Crippen LogP contribution in [0.3, 0.4) is 0 Å². The van der Waals surface area contributed by atoms with Gasteiger partial charge in [-0.2, -0.15) is 0 Å². The molecule has 86 valence electrons. The van der Waals surface area contributed by atoms with Gasteiger partial charge in [0.05, 0.1) is 16.3 Å². The molecule has 1 aliphatic carbocycles. The number of hydrogen-bond donors (Lipinski definition) is 0. The van der Waals surface area contributed by atoms with Gasteiger partial charge in [-0.05, 0) is 56.5 Å². The van der Waals surface area contributed by atoms with E-state index in [-0.39, 0.29) is 5.60 Å². The van der Waals surface area contributed by atoms with Crippen molar-refractivity contribution in [2.24, 2.45) is 11.8 Å². The van der Waals surface area contributed by atoms with Gasteiger partial charge in [0.2, 0.25) is 0 Å². The summed E-state index contributed by atoms with van der Waals surface area (Å²) in [5, 5.41) is 0. The van der Waals surface area contributed by atoms with E-state index in [0.717, 1.165) is 18.4 Å². The topological polar surface area (TPSA) is 9.23 Å². The van der Waals surface area contributed by atoms with Gasteiger partial charge >= 0.3 is 0 Å². The third kappa shape index (κ3) is 1.75. The van der Waals surface area contributed by atoms with Crippen molar-refractivity contribution in [3.63, 3.8) is 0 Å². The summed E-state index contributed by atoms with van der Waals surface area (Å²) < 4.78 is 6.50. The Kier molecular flexibility index (Phi) is 2.57. The van der Waals surface area contributed by atoms with Crippen molar-refractivity contribution in [1.29, 1.82) is 0 Å². The first kappa shape index (κ1) is 10.8. The molecular weight excluding hydrogens is 224 g/mol. The molecule has 0 radical (unpaired) electrons. The van der Waals surface area contributed by atoms with E-state index in [9.17, 15) is 0 Å². The maximum Gasteiger partial charge on any atom is 0.0659 e.